The first kappa shape index (κ1) is 16.1. The zero-order chi connectivity index (χ0) is 17.2. The minimum atomic E-state index is -3.54. The number of nitrogens with zero attached hydrogens (tertiary/aromatic N) is 5. The molecule has 2 aromatic heterocycles. The van der Waals surface area contributed by atoms with Crippen molar-refractivity contribution in [3.63, 3.8) is 0 Å². The Morgan fingerprint density at radius 2 is 1.92 bits per heavy atom. The van der Waals surface area contributed by atoms with Crippen LogP contribution < -0.4 is 4.90 Å². The van der Waals surface area contributed by atoms with Crippen LogP contribution in [0.2, 0.25) is 0 Å². The van der Waals surface area contributed by atoms with Crippen LogP contribution in [0.15, 0.2) is 47.6 Å². The SMILES string of the molecule is CN(Cc1ccccc1)c1ccnc(S(C)(=O)=O)c1-c1nnn[nH]1. The van der Waals surface area contributed by atoms with Crippen LogP contribution in [0.4, 0.5) is 5.69 Å². The minimum Gasteiger partial charge on any atom is -0.370 e. The molecule has 0 aliphatic rings. The molecular weight excluding hydrogens is 328 g/mol. The fourth-order valence-corrected chi connectivity index (χ4v) is 3.29. The summed E-state index contributed by atoms with van der Waals surface area (Å²) in [7, 11) is -1.67. The van der Waals surface area contributed by atoms with E-state index in [0.29, 0.717) is 17.8 Å². The number of rotatable bonds is 5. The van der Waals surface area contributed by atoms with Crippen molar-refractivity contribution in [3.8, 4) is 11.4 Å². The summed E-state index contributed by atoms with van der Waals surface area (Å²) in [4.78, 5) is 5.96. The summed E-state index contributed by atoms with van der Waals surface area (Å²) in [5.41, 5.74) is 2.13. The number of nitrogens with one attached hydrogen (secondary N) is 1. The van der Waals surface area contributed by atoms with Gasteiger partial charge in [-0.2, -0.15) is 0 Å². The molecule has 3 rings (SSSR count). The second-order valence-electron chi connectivity index (χ2n) is 5.37. The van der Waals surface area contributed by atoms with E-state index in [0.717, 1.165) is 11.8 Å². The average Bonchev–Trinajstić information content (AvgIpc) is 3.08. The molecule has 0 bridgehead atoms. The van der Waals surface area contributed by atoms with Crippen molar-refractivity contribution in [1.82, 2.24) is 25.6 Å². The van der Waals surface area contributed by atoms with Crippen LogP contribution in [0.1, 0.15) is 5.56 Å². The molecule has 0 saturated carbocycles. The molecule has 24 heavy (non-hydrogen) atoms. The summed E-state index contributed by atoms with van der Waals surface area (Å²) < 4.78 is 24.2. The van der Waals surface area contributed by atoms with E-state index >= 15 is 0 Å². The third-order valence-corrected chi connectivity index (χ3v) is 4.51. The van der Waals surface area contributed by atoms with Gasteiger partial charge in [0, 0.05) is 26.0 Å². The Bertz CT molecular complexity index is 926. The molecule has 0 unspecified atom stereocenters. The van der Waals surface area contributed by atoms with Crippen LogP contribution >= 0.6 is 0 Å². The molecule has 0 radical (unpaired) electrons. The number of anilines is 1. The van der Waals surface area contributed by atoms with E-state index in [1.165, 1.54) is 6.20 Å². The number of tetrazole rings is 1. The standard InChI is InChI=1S/C15H16N6O2S/c1-21(10-11-6-4-3-5-7-11)12-8-9-16-15(24(2,22)23)13(12)14-17-19-20-18-14/h3-9H,10H2,1-2H3,(H,17,18,19,20). The first-order valence-electron chi connectivity index (χ1n) is 7.15. The summed E-state index contributed by atoms with van der Waals surface area (Å²) in [5.74, 6) is 0.262. The predicted octanol–water partition coefficient (Wildman–Crippen LogP) is 1.30. The van der Waals surface area contributed by atoms with Crippen LogP contribution in [0, 0.1) is 0 Å². The molecule has 0 spiro atoms. The molecule has 0 atom stereocenters. The van der Waals surface area contributed by atoms with Gasteiger partial charge in [0.25, 0.3) is 0 Å². The zero-order valence-electron chi connectivity index (χ0n) is 13.2. The molecule has 8 nitrogen and oxygen atoms in total. The van der Waals surface area contributed by atoms with Gasteiger partial charge < -0.3 is 4.90 Å². The maximum atomic E-state index is 12.1. The Kier molecular flexibility index (Phi) is 4.26. The Hall–Kier alpha value is -2.81. The number of sulfone groups is 1. The predicted molar refractivity (Wildman–Crippen MR) is 89.1 cm³/mol. The second-order valence-corrected chi connectivity index (χ2v) is 7.30. The summed E-state index contributed by atoms with van der Waals surface area (Å²) in [6.07, 6.45) is 2.59. The fourth-order valence-electron chi connectivity index (χ4n) is 2.46. The Balaban J connectivity index is 2.11. The van der Waals surface area contributed by atoms with Crippen molar-refractivity contribution in [2.75, 3.05) is 18.2 Å². The molecule has 1 aromatic carbocycles. The molecule has 9 heteroatoms. The van der Waals surface area contributed by atoms with Gasteiger partial charge in [-0.15, -0.1) is 5.10 Å². The van der Waals surface area contributed by atoms with Crippen molar-refractivity contribution in [2.24, 2.45) is 0 Å². The number of hydrogen-bond acceptors (Lipinski definition) is 7. The highest BCUT2D eigenvalue weighted by Gasteiger charge is 2.24. The van der Waals surface area contributed by atoms with Crippen LogP contribution in [0.5, 0.6) is 0 Å². The third-order valence-electron chi connectivity index (χ3n) is 3.50. The molecule has 0 fully saturated rings. The van der Waals surface area contributed by atoms with Gasteiger partial charge in [0.2, 0.25) is 0 Å². The van der Waals surface area contributed by atoms with Gasteiger partial charge in [0.1, 0.15) is 0 Å². The molecule has 2 heterocycles. The number of pyridine rings is 1. The molecule has 0 aliphatic heterocycles. The summed E-state index contributed by atoms with van der Waals surface area (Å²) >= 11 is 0. The molecule has 0 aliphatic carbocycles. The molecular formula is C15H16N6O2S. The molecule has 0 amide bonds. The maximum Gasteiger partial charge on any atom is 0.193 e. The lowest BCUT2D eigenvalue weighted by Crippen LogP contribution is -2.19. The van der Waals surface area contributed by atoms with E-state index < -0.39 is 9.84 Å². The minimum absolute atomic E-state index is 0.0570. The fraction of sp³-hybridized carbons (Fsp3) is 0.200. The maximum absolute atomic E-state index is 12.1. The normalized spacial score (nSPS) is 11.4. The first-order chi connectivity index (χ1) is 11.5. The van der Waals surface area contributed by atoms with Crippen molar-refractivity contribution in [1.29, 1.82) is 0 Å². The van der Waals surface area contributed by atoms with Crippen molar-refractivity contribution < 1.29 is 8.42 Å². The van der Waals surface area contributed by atoms with E-state index in [2.05, 4.69) is 25.6 Å². The van der Waals surface area contributed by atoms with E-state index in [1.807, 2.05) is 42.3 Å². The van der Waals surface area contributed by atoms with Crippen molar-refractivity contribution >= 4 is 15.5 Å². The smallest absolute Gasteiger partial charge is 0.193 e. The van der Waals surface area contributed by atoms with E-state index in [-0.39, 0.29) is 10.9 Å². The number of hydrogen-bond donors (Lipinski definition) is 1. The summed E-state index contributed by atoms with van der Waals surface area (Å²) in [6.45, 7) is 0.600. The Morgan fingerprint density at radius 1 is 1.17 bits per heavy atom. The van der Waals surface area contributed by atoms with Gasteiger partial charge in [0.15, 0.2) is 20.7 Å². The third kappa shape index (κ3) is 3.25. The number of benzene rings is 1. The number of H-pyrrole nitrogens is 1. The average molecular weight is 344 g/mol. The Morgan fingerprint density at radius 3 is 2.54 bits per heavy atom. The Labute approximate surface area is 139 Å². The van der Waals surface area contributed by atoms with Crippen LogP contribution in [0.25, 0.3) is 11.4 Å². The lowest BCUT2D eigenvalue weighted by atomic mass is 10.1. The lowest BCUT2D eigenvalue weighted by Gasteiger charge is -2.22. The quantitative estimate of drug-likeness (QED) is 0.744. The zero-order valence-corrected chi connectivity index (χ0v) is 14.0. The topological polar surface area (TPSA) is 105 Å². The highest BCUT2D eigenvalue weighted by atomic mass is 32.2. The van der Waals surface area contributed by atoms with Crippen LogP contribution in [-0.2, 0) is 16.4 Å². The van der Waals surface area contributed by atoms with E-state index in [9.17, 15) is 8.42 Å². The highest BCUT2D eigenvalue weighted by molar-refractivity contribution is 7.90. The second kappa shape index (κ2) is 6.36. The number of aromatic amines is 1. The van der Waals surface area contributed by atoms with Crippen molar-refractivity contribution in [3.05, 3.63) is 48.2 Å². The largest absolute Gasteiger partial charge is 0.370 e. The number of aromatic nitrogens is 5. The van der Waals surface area contributed by atoms with Crippen LogP contribution in [0.3, 0.4) is 0 Å². The van der Waals surface area contributed by atoms with Crippen molar-refractivity contribution in [2.45, 2.75) is 11.6 Å². The molecule has 3 aromatic rings. The monoisotopic (exact) mass is 344 g/mol. The lowest BCUT2D eigenvalue weighted by molar-refractivity contribution is 0.598. The van der Waals surface area contributed by atoms with Gasteiger partial charge in [0.05, 0.1) is 11.3 Å². The van der Waals surface area contributed by atoms with E-state index in [1.54, 1.807) is 6.07 Å². The summed E-state index contributed by atoms with van der Waals surface area (Å²) in [6, 6.07) is 11.6. The first-order valence-corrected chi connectivity index (χ1v) is 9.04. The molecule has 124 valence electrons. The van der Waals surface area contributed by atoms with Crippen LogP contribution in [-0.4, -0.2) is 47.3 Å². The molecule has 0 saturated heterocycles. The van der Waals surface area contributed by atoms with Gasteiger partial charge >= 0.3 is 0 Å². The summed E-state index contributed by atoms with van der Waals surface area (Å²) in [5, 5.41) is 13.5. The highest BCUT2D eigenvalue weighted by Crippen LogP contribution is 2.32. The van der Waals surface area contributed by atoms with Gasteiger partial charge in [-0.1, -0.05) is 30.3 Å². The van der Waals surface area contributed by atoms with E-state index in [4.69, 9.17) is 0 Å². The van der Waals surface area contributed by atoms with Gasteiger partial charge in [-0.3, -0.25) is 0 Å². The van der Waals surface area contributed by atoms with Gasteiger partial charge in [-0.25, -0.2) is 18.5 Å². The van der Waals surface area contributed by atoms with Gasteiger partial charge in [-0.05, 0) is 22.1 Å². The molecule has 1 N–H and O–H groups in total.